The molecule has 0 atom stereocenters. The summed E-state index contributed by atoms with van der Waals surface area (Å²) in [7, 11) is 0. The summed E-state index contributed by atoms with van der Waals surface area (Å²) in [6.45, 7) is 0.617. The molecular formula is C11H13NO2. The molecule has 3 nitrogen and oxygen atoms in total. The molecule has 0 unspecified atom stereocenters. The number of rotatable bonds is 0. The largest absolute Gasteiger partial charge is 0.465 e. The quantitative estimate of drug-likeness (QED) is 0.684. The van der Waals surface area contributed by atoms with Crippen molar-refractivity contribution in [2.24, 2.45) is 0 Å². The van der Waals surface area contributed by atoms with Gasteiger partial charge in [-0.05, 0) is 30.9 Å². The van der Waals surface area contributed by atoms with Crippen LogP contribution >= 0.6 is 0 Å². The zero-order valence-corrected chi connectivity index (χ0v) is 7.94. The average molecular weight is 191 g/mol. The fourth-order valence-corrected chi connectivity index (χ4v) is 1.89. The van der Waals surface area contributed by atoms with E-state index in [1.165, 1.54) is 4.90 Å². The first-order chi connectivity index (χ1) is 6.79. The van der Waals surface area contributed by atoms with Crippen LogP contribution in [0.1, 0.15) is 18.4 Å². The Hall–Kier alpha value is -1.51. The highest BCUT2D eigenvalue weighted by Crippen LogP contribution is 2.25. The lowest BCUT2D eigenvalue weighted by atomic mass is 10.1. The van der Waals surface area contributed by atoms with Gasteiger partial charge in [-0.1, -0.05) is 18.2 Å². The van der Waals surface area contributed by atoms with E-state index in [1.54, 1.807) is 0 Å². The van der Waals surface area contributed by atoms with Gasteiger partial charge in [-0.3, -0.25) is 4.90 Å². The molecule has 0 saturated heterocycles. The first-order valence-electron chi connectivity index (χ1n) is 4.87. The highest BCUT2D eigenvalue weighted by Gasteiger charge is 2.19. The molecule has 1 N–H and O–H groups in total. The van der Waals surface area contributed by atoms with Crippen molar-refractivity contribution in [2.75, 3.05) is 11.4 Å². The molecule has 74 valence electrons. The molecule has 0 fully saturated rings. The maximum absolute atomic E-state index is 11.0. The Kier molecular flexibility index (Phi) is 2.39. The standard InChI is InChI=1S/C11H13NO2/c13-11(14)12-8-4-3-6-9-5-1-2-7-10(9)12/h1-2,5,7H,3-4,6,8H2,(H,13,14). The fourth-order valence-electron chi connectivity index (χ4n) is 1.89. The Labute approximate surface area is 83.0 Å². The van der Waals surface area contributed by atoms with Crippen LogP contribution in [0.15, 0.2) is 24.3 Å². The van der Waals surface area contributed by atoms with Crippen molar-refractivity contribution < 1.29 is 9.90 Å². The number of carbonyl (C=O) groups is 1. The number of amides is 1. The molecular weight excluding hydrogens is 178 g/mol. The van der Waals surface area contributed by atoms with Crippen molar-refractivity contribution in [1.82, 2.24) is 0 Å². The van der Waals surface area contributed by atoms with Gasteiger partial charge in [-0.2, -0.15) is 0 Å². The molecule has 0 aliphatic carbocycles. The Bertz CT molecular complexity index is 349. The maximum atomic E-state index is 11.0. The maximum Gasteiger partial charge on any atom is 0.411 e. The molecule has 3 heteroatoms. The Morgan fingerprint density at radius 1 is 1.29 bits per heavy atom. The molecule has 1 amide bonds. The fraction of sp³-hybridized carbons (Fsp3) is 0.364. The van der Waals surface area contributed by atoms with Gasteiger partial charge in [0, 0.05) is 6.54 Å². The number of para-hydroxylation sites is 1. The van der Waals surface area contributed by atoms with Crippen LogP contribution in [0.5, 0.6) is 0 Å². The van der Waals surface area contributed by atoms with Crippen molar-refractivity contribution in [2.45, 2.75) is 19.3 Å². The molecule has 2 rings (SSSR count). The predicted molar refractivity (Wildman–Crippen MR) is 54.8 cm³/mol. The lowest BCUT2D eigenvalue weighted by Gasteiger charge is -2.18. The monoisotopic (exact) mass is 191 g/mol. The molecule has 0 saturated carbocycles. The first kappa shape index (κ1) is 9.06. The van der Waals surface area contributed by atoms with Crippen LogP contribution in [-0.4, -0.2) is 17.7 Å². The van der Waals surface area contributed by atoms with Gasteiger partial charge in [0.2, 0.25) is 0 Å². The number of nitrogens with zero attached hydrogens (tertiary/aromatic N) is 1. The van der Waals surface area contributed by atoms with Gasteiger partial charge in [-0.15, -0.1) is 0 Å². The van der Waals surface area contributed by atoms with E-state index in [2.05, 4.69) is 0 Å². The summed E-state index contributed by atoms with van der Waals surface area (Å²) in [5, 5.41) is 9.04. The van der Waals surface area contributed by atoms with E-state index < -0.39 is 6.09 Å². The lowest BCUT2D eigenvalue weighted by molar-refractivity contribution is 0.202. The Balaban J connectivity index is 2.42. The van der Waals surface area contributed by atoms with Crippen molar-refractivity contribution in [3.05, 3.63) is 29.8 Å². The van der Waals surface area contributed by atoms with Crippen LogP contribution in [0.4, 0.5) is 10.5 Å². The van der Waals surface area contributed by atoms with Crippen LogP contribution in [0.3, 0.4) is 0 Å². The Morgan fingerprint density at radius 2 is 2.07 bits per heavy atom. The van der Waals surface area contributed by atoms with E-state index in [1.807, 2.05) is 24.3 Å². The van der Waals surface area contributed by atoms with Crippen molar-refractivity contribution in [1.29, 1.82) is 0 Å². The topological polar surface area (TPSA) is 40.5 Å². The lowest BCUT2D eigenvalue weighted by Crippen LogP contribution is -2.29. The SMILES string of the molecule is O=C(O)N1CCCCc2ccccc21. The van der Waals surface area contributed by atoms with Gasteiger partial charge in [-0.25, -0.2) is 4.79 Å². The first-order valence-corrected chi connectivity index (χ1v) is 4.87. The predicted octanol–water partition coefficient (Wildman–Crippen LogP) is 2.51. The highest BCUT2D eigenvalue weighted by molar-refractivity contribution is 5.87. The van der Waals surface area contributed by atoms with E-state index in [0.29, 0.717) is 6.54 Å². The molecule has 0 bridgehead atoms. The molecule has 1 heterocycles. The molecule has 1 aromatic carbocycles. The summed E-state index contributed by atoms with van der Waals surface area (Å²) in [6.07, 6.45) is 2.15. The molecule has 1 aromatic rings. The van der Waals surface area contributed by atoms with Crippen molar-refractivity contribution >= 4 is 11.8 Å². The third-order valence-corrected chi connectivity index (χ3v) is 2.59. The van der Waals surface area contributed by atoms with Crippen molar-refractivity contribution in [3.63, 3.8) is 0 Å². The number of fused-ring (bicyclic) bond motifs is 1. The smallest absolute Gasteiger partial charge is 0.411 e. The van der Waals surface area contributed by atoms with Crippen LogP contribution in [-0.2, 0) is 6.42 Å². The van der Waals surface area contributed by atoms with Crippen LogP contribution in [0, 0.1) is 0 Å². The van der Waals surface area contributed by atoms with E-state index in [9.17, 15) is 4.79 Å². The average Bonchev–Trinajstić information content (AvgIpc) is 2.39. The summed E-state index contributed by atoms with van der Waals surface area (Å²) >= 11 is 0. The van der Waals surface area contributed by atoms with E-state index in [0.717, 1.165) is 30.5 Å². The molecule has 0 aromatic heterocycles. The third kappa shape index (κ3) is 1.58. The second-order valence-electron chi connectivity index (χ2n) is 3.52. The number of aryl methyl sites for hydroxylation is 1. The Morgan fingerprint density at radius 3 is 2.86 bits per heavy atom. The molecule has 0 spiro atoms. The number of anilines is 1. The molecule has 14 heavy (non-hydrogen) atoms. The molecule has 1 aliphatic rings. The zero-order chi connectivity index (χ0) is 9.97. The van der Waals surface area contributed by atoms with Gasteiger partial charge < -0.3 is 5.11 Å². The summed E-state index contributed by atoms with van der Waals surface area (Å²) in [5.41, 5.74) is 2.00. The third-order valence-electron chi connectivity index (χ3n) is 2.59. The number of hydrogen-bond donors (Lipinski definition) is 1. The van der Waals surface area contributed by atoms with Crippen LogP contribution in [0.25, 0.3) is 0 Å². The van der Waals surface area contributed by atoms with Gasteiger partial charge in [0.25, 0.3) is 0 Å². The van der Waals surface area contributed by atoms with Gasteiger partial charge in [0.1, 0.15) is 0 Å². The second-order valence-corrected chi connectivity index (χ2v) is 3.52. The second kappa shape index (κ2) is 3.70. The van der Waals surface area contributed by atoms with Crippen LogP contribution < -0.4 is 4.90 Å². The van der Waals surface area contributed by atoms with E-state index in [-0.39, 0.29) is 0 Å². The van der Waals surface area contributed by atoms with Crippen molar-refractivity contribution in [3.8, 4) is 0 Å². The van der Waals surface area contributed by atoms with E-state index in [4.69, 9.17) is 5.11 Å². The molecule has 0 radical (unpaired) electrons. The van der Waals surface area contributed by atoms with Gasteiger partial charge in [0.15, 0.2) is 0 Å². The molecule has 1 aliphatic heterocycles. The number of benzene rings is 1. The van der Waals surface area contributed by atoms with Gasteiger partial charge >= 0.3 is 6.09 Å². The van der Waals surface area contributed by atoms with Gasteiger partial charge in [0.05, 0.1) is 5.69 Å². The highest BCUT2D eigenvalue weighted by atomic mass is 16.4. The summed E-state index contributed by atoms with van der Waals surface area (Å²) in [5.74, 6) is 0. The zero-order valence-electron chi connectivity index (χ0n) is 7.94. The summed E-state index contributed by atoms with van der Waals surface area (Å²) in [4.78, 5) is 12.4. The minimum atomic E-state index is -0.848. The summed E-state index contributed by atoms with van der Waals surface area (Å²) in [6, 6.07) is 7.75. The summed E-state index contributed by atoms with van der Waals surface area (Å²) < 4.78 is 0. The van der Waals surface area contributed by atoms with E-state index >= 15 is 0 Å². The number of carboxylic acid groups (broad SMARTS) is 1. The minimum absolute atomic E-state index is 0.617. The number of hydrogen-bond acceptors (Lipinski definition) is 1. The minimum Gasteiger partial charge on any atom is -0.465 e. The normalized spacial score (nSPS) is 15.9. The van der Waals surface area contributed by atoms with Crippen LogP contribution in [0.2, 0.25) is 0 Å².